The minimum atomic E-state index is -0.799. The molecule has 0 bridgehead atoms. The summed E-state index contributed by atoms with van der Waals surface area (Å²) in [5.41, 5.74) is 1.76. The van der Waals surface area contributed by atoms with Gasteiger partial charge in [-0.05, 0) is 48.9 Å². The van der Waals surface area contributed by atoms with E-state index in [1.165, 1.54) is 0 Å². The molecular weight excluding hydrogens is 361 g/mol. The molecule has 0 fully saturated rings. The minimum absolute atomic E-state index is 0.380. The molecule has 0 radical (unpaired) electrons. The van der Waals surface area contributed by atoms with Crippen LogP contribution in [0.2, 0.25) is 10.0 Å². The van der Waals surface area contributed by atoms with Crippen molar-refractivity contribution in [3.8, 4) is 11.5 Å². The third kappa shape index (κ3) is 3.13. The Bertz CT molecular complexity index is 936. The first kappa shape index (κ1) is 16.1. The van der Waals surface area contributed by atoms with Gasteiger partial charge in [0.25, 0.3) is 5.89 Å². The van der Waals surface area contributed by atoms with E-state index in [1.54, 1.807) is 12.1 Å². The highest BCUT2D eigenvalue weighted by atomic mass is 35.5. The molecule has 0 saturated heterocycles. The molecule has 3 aromatic rings. The van der Waals surface area contributed by atoms with Gasteiger partial charge in [-0.3, -0.25) is 0 Å². The Morgan fingerprint density at radius 2 is 1.48 bits per heavy atom. The van der Waals surface area contributed by atoms with Gasteiger partial charge in [0.05, 0.1) is 5.71 Å². The highest BCUT2D eigenvalue weighted by molar-refractivity contribution is 6.31. The van der Waals surface area contributed by atoms with Crippen molar-refractivity contribution in [1.29, 1.82) is 0 Å². The van der Waals surface area contributed by atoms with Crippen LogP contribution in [0.5, 0.6) is 0 Å². The van der Waals surface area contributed by atoms with Gasteiger partial charge in [0.1, 0.15) is 0 Å². The molecule has 4 rings (SSSR count). The van der Waals surface area contributed by atoms with Crippen LogP contribution in [0.25, 0.3) is 11.5 Å². The van der Waals surface area contributed by atoms with Crippen LogP contribution in [-0.4, -0.2) is 15.9 Å². The number of rotatable bonds is 3. The lowest BCUT2D eigenvalue weighted by Crippen LogP contribution is -2.22. The van der Waals surface area contributed by atoms with E-state index >= 15 is 0 Å². The van der Waals surface area contributed by atoms with E-state index < -0.39 is 5.60 Å². The number of benzene rings is 2. The number of hydrogen-bond acceptors (Lipinski definition) is 5. The number of hydrogen-bond donors (Lipinski definition) is 0. The van der Waals surface area contributed by atoms with E-state index in [4.69, 9.17) is 32.5 Å². The average molecular weight is 374 g/mol. The van der Waals surface area contributed by atoms with Gasteiger partial charge in [-0.1, -0.05) is 40.5 Å². The molecule has 2 heterocycles. The molecule has 1 aliphatic heterocycles. The molecule has 2 aromatic carbocycles. The molecule has 0 spiro atoms. The van der Waals surface area contributed by atoms with Crippen LogP contribution in [0.1, 0.15) is 24.8 Å². The largest absolute Gasteiger partial charge is 0.416 e. The summed E-state index contributed by atoms with van der Waals surface area (Å²) < 4.78 is 5.82. The Labute approximate surface area is 154 Å². The van der Waals surface area contributed by atoms with Crippen molar-refractivity contribution >= 4 is 28.9 Å². The quantitative estimate of drug-likeness (QED) is 0.641. The van der Waals surface area contributed by atoms with Gasteiger partial charge >= 0.3 is 0 Å². The second-order valence-electron chi connectivity index (χ2n) is 5.96. The van der Waals surface area contributed by atoms with Gasteiger partial charge in [-0.15, -0.1) is 10.2 Å². The normalized spacial score (nSPS) is 19.6. The van der Waals surface area contributed by atoms with Crippen LogP contribution in [0, 0.1) is 0 Å². The predicted octanol–water partition coefficient (Wildman–Crippen LogP) is 5.08. The van der Waals surface area contributed by atoms with Crippen LogP contribution in [0.15, 0.2) is 58.1 Å². The standard InChI is InChI=1S/C18H13Cl2N3O2/c1-18(10-15(23-25-18)11-2-6-13(19)7-3-11)17-22-21-16(24-17)12-4-8-14(20)9-5-12/h2-9H,10H2,1H3. The van der Waals surface area contributed by atoms with Crippen LogP contribution in [-0.2, 0) is 10.4 Å². The summed E-state index contributed by atoms with van der Waals surface area (Å²) in [6.07, 6.45) is 0.525. The fourth-order valence-corrected chi connectivity index (χ4v) is 2.85. The zero-order chi connectivity index (χ0) is 17.4. The minimum Gasteiger partial charge on any atom is -0.416 e. The topological polar surface area (TPSA) is 60.5 Å². The van der Waals surface area contributed by atoms with E-state index in [2.05, 4.69) is 15.4 Å². The fourth-order valence-electron chi connectivity index (χ4n) is 2.60. The lowest BCUT2D eigenvalue weighted by molar-refractivity contribution is -0.0276. The van der Waals surface area contributed by atoms with Gasteiger partial charge in [0.2, 0.25) is 11.5 Å². The van der Waals surface area contributed by atoms with Crippen molar-refractivity contribution in [3.05, 3.63) is 70.0 Å². The van der Waals surface area contributed by atoms with Gasteiger partial charge in [-0.25, -0.2) is 0 Å². The monoisotopic (exact) mass is 373 g/mol. The molecule has 0 N–H and O–H groups in total. The molecule has 7 heteroatoms. The van der Waals surface area contributed by atoms with E-state index in [9.17, 15) is 0 Å². The van der Waals surface area contributed by atoms with Crippen molar-refractivity contribution in [1.82, 2.24) is 10.2 Å². The summed E-state index contributed by atoms with van der Waals surface area (Å²) in [7, 11) is 0. The second kappa shape index (κ2) is 6.17. The third-order valence-electron chi connectivity index (χ3n) is 4.01. The molecule has 5 nitrogen and oxygen atoms in total. The van der Waals surface area contributed by atoms with Crippen molar-refractivity contribution in [2.45, 2.75) is 18.9 Å². The summed E-state index contributed by atoms with van der Waals surface area (Å²) >= 11 is 11.8. The summed E-state index contributed by atoms with van der Waals surface area (Å²) in [5.74, 6) is 0.793. The molecule has 25 heavy (non-hydrogen) atoms. The van der Waals surface area contributed by atoms with Crippen LogP contribution in [0.3, 0.4) is 0 Å². The van der Waals surface area contributed by atoms with Crippen molar-refractivity contribution in [2.24, 2.45) is 5.16 Å². The van der Waals surface area contributed by atoms with Crippen LogP contribution in [0.4, 0.5) is 0 Å². The van der Waals surface area contributed by atoms with E-state index in [1.807, 2.05) is 43.3 Å². The molecule has 126 valence electrons. The van der Waals surface area contributed by atoms with Gasteiger partial charge in [0, 0.05) is 22.0 Å². The molecule has 0 saturated carbocycles. The first-order valence-electron chi connectivity index (χ1n) is 7.64. The Hall–Kier alpha value is -2.37. The third-order valence-corrected chi connectivity index (χ3v) is 4.51. The summed E-state index contributed by atoms with van der Waals surface area (Å²) in [4.78, 5) is 5.63. The van der Waals surface area contributed by atoms with E-state index in [-0.39, 0.29) is 0 Å². The zero-order valence-electron chi connectivity index (χ0n) is 13.2. The highest BCUT2D eigenvalue weighted by Crippen LogP contribution is 2.36. The maximum absolute atomic E-state index is 5.93. The van der Waals surface area contributed by atoms with E-state index in [0.29, 0.717) is 28.2 Å². The Balaban J connectivity index is 1.56. The maximum Gasteiger partial charge on any atom is 0.263 e. The molecule has 0 aliphatic carbocycles. The maximum atomic E-state index is 5.93. The van der Waals surface area contributed by atoms with Gasteiger partial charge in [0.15, 0.2) is 0 Å². The first-order chi connectivity index (χ1) is 12.0. The van der Waals surface area contributed by atoms with Crippen molar-refractivity contribution in [2.75, 3.05) is 0 Å². The Kier molecular flexibility index (Phi) is 3.98. The number of halogens is 2. The lowest BCUT2D eigenvalue weighted by atomic mass is 9.96. The first-order valence-corrected chi connectivity index (χ1v) is 8.40. The van der Waals surface area contributed by atoms with Crippen molar-refractivity contribution < 1.29 is 9.25 Å². The molecule has 1 aliphatic rings. The SMILES string of the molecule is CC1(c2nnc(-c3ccc(Cl)cc3)o2)CC(c2ccc(Cl)cc2)=NO1. The zero-order valence-corrected chi connectivity index (χ0v) is 14.8. The van der Waals surface area contributed by atoms with E-state index in [0.717, 1.165) is 16.8 Å². The Morgan fingerprint density at radius 3 is 2.12 bits per heavy atom. The number of aromatic nitrogens is 2. The Morgan fingerprint density at radius 1 is 0.880 bits per heavy atom. The number of oxime groups is 1. The molecule has 1 atom stereocenters. The summed E-state index contributed by atoms with van der Waals surface area (Å²) in [6, 6.07) is 14.7. The fraction of sp³-hybridized carbons (Fsp3) is 0.167. The molecule has 1 aromatic heterocycles. The van der Waals surface area contributed by atoms with Gasteiger partial charge in [-0.2, -0.15) is 0 Å². The summed E-state index contributed by atoms with van der Waals surface area (Å²) in [5, 5.41) is 13.8. The van der Waals surface area contributed by atoms with Crippen LogP contribution >= 0.6 is 23.2 Å². The molecular formula is C18H13Cl2N3O2. The van der Waals surface area contributed by atoms with Crippen molar-refractivity contribution in [3.63, 3.8) is 0 Å². The lowest BCUT2D eigenvalue weighted by Gasteiger charge is -2.15. The molecule has 1 unspecified atom stereocenters. The highest BCUT2D eigenvalue weighted by Gasteiger charge is 2.42. The smallest absolute Gasteiger partial charge is 0.263 e. The predicted molar refractivity (Wildman–Crippen MR) is 95.8 cm³/mol. The van der Waals surface area contributed by atoms with Crippen LogP contribution < -0.4 is 0 Å². The van der Waals surface area contributed by atoms with Gasteiger partial charge < -0.3 is 9.25 Å². The second-order valence-corrected chi connectivity index (χ2v) is 6.84. The summed E-state index contributed by atoms with van der Waals surface area (Å²) in [6.45, 7) is 1.87. The number of nitrogens with zero attached hydrogens (tertiary/aromatic N) is 3. The average Bonchev–Trinajstić information content (AvgIpc) is 3.25. The molecule has 0 amide bonds.